The number of alkyl halides is 1. The number of rotatable bonds is 13. The number of nitrogens with one attached hydrogen (secondary N) is 1. The van der Waals surface area contributed by atoms with Crippen LogP contribution in [0.5, 0.6) is 0 Å². The number of alkyl carbamates (subject to hydrolysis) is 1. The first-order chi connectivity index (χ1) is 27.3. The summed E-state index contributed by atoms with van der Waals surface area (Å²) in [6.45, 7) is 4.23. The lowest BCUT2D eigenvalue weighted by atomic mass is 9.57. The van der Waals surface area contributed by atoms with E-state index in [0.29, 0.717) is 32.5 Å². The number of carbonyl (C=O) groups is 2. The Hall–Kier alpha value is -3.66. The molecule has 2 amide bonds. The number of likely N-dealkylation sites (tertiary alicyclic amines) is 3. The number of methoxy groups -OCH3 is 1. The van der Waals surface area contributed by atoms with E-state index in [2.05, 4.69) is 15.1 Å². The Morgan fingerprint density at radius 1 is 0.965 bits per heavy atom. The van der Waals surface area contributed by atoms with Crippen LogP contribution in [0, 0.1) is 23.5 Å². The zero-order valence-electron chi connectivity index (χ0n) is 32.8. The highest BCUT2D eigenvalue weighted by atomic mass is 32.2. The number of sulfone groups is 1. The van der Waals surface area contributed by atoms with Gasteiger partial charge >= 0.3 is 6.09 Å². The van der Waals surface area contributed by atoms with Gasteiger partial charge in [0.2, 0.25) is 5.91 Å². The van der Waals surface area contributed by atoms with Gasteiger partial charge in [-0.3, -0.25) is 9.69 Å². The molecular formula is C42H56F3N5O6S. The molecule has 2 aromatic carbocycles. The fourth-order valence-corrected chi connectivity index (χ4v) is 12.2. The Balaban J connectivity index is 1.00. The molecule has 1 aliphatic carbocycles. The van der Waals surface area contributed by atoms with Crippen molar-refractivity contribution in [1.82, 2.24) is 20.0 Å². The molecule has 2 unspecified atom stereocenters. The maximum Gasteiger partial charge on any atom is 0.407 e. The summed E-state index contributed by atoms with van der Waals surface area (Å²) in [5, 5.41) is 11.2. The molecule has 57 heavy (non-hydrogen) atoms. The van der Waals surface area contributed by atoms with Gasteiger partial charge in [-0.25, -0.2) is 26.4 Å². The van der Waals surface area contributed by atoms with Crippen LogP contribution in [0.2, 0.25) is 0 Å². The number of amides is 2. The van der Waals surface area contributed by atoms with Crippen molar-refractivity contribution >= 4 is 27.5 Å². The number of hydrogen-bond acceptors (Lipinski definition) is 9. The number of aliphatic hydroxyl groups is 1. The zero-order chi connectivity index (χ0) is 40.4. The molecule has 5 fully saturated rings. The molecule has 0 bridgehead atoms. The van der Waals surface area contributed by atoms with E-state index in [1.54, 1.807) is 17.0 Å². The fraction of sp³-hybridized carbons (Fsp3) is 0.619. The van der Waals surface area contributed by atoms with Gasteiger partial charge in [-0.05, 0) is 119 Å². The second-order valence-electron chi connectivity index (χ2n) is 16.8. The van der Waals surface area contributed by atoms with Gasteiger partial charge in [-0.15, -0.1) is 0 Å². The van der Waals surface area contributed by atoms with Crippen molar-refractivity contribution < 1.29 is 41.0 Å². The number of hydrogen-bond donors (Lipinski definition) is 2. The van der Waals surface area contributed by atoms with Gasteiger partial charge in [0.1, 0.15) is 11.6 Å². The Morgan fingerprint density at radius 3 is 2.40 bits per heavy atom. The highest BCUT2D eigenvalue weighted by Gasteiger charge is 2.54. The number of nitrogens with zero attached hydrogens (tertiary/aromatic N) is 4. The largest absolute Gasteiger partial charge is 0.453 e. The first-order valence-electron chi connectivity index (χ1n) is 20.4. The normalized spacial score (nSPS) is 25.8. The highest BCUT2D eigenvalue weighted by molar-refractivity contribution is 7.92. The van der Waals surface area contributed by atoms with Crippen LogP contribution in [0.3, 0.4) is 0 Å². The van der Waals surface area contributed by atoms with Crippen LogP contribution in [-0.2, 0) is 24.8 Å². The van der Waals surface area contributed by atoms with Gasteiger partial charge in [0.25, 0.3) is 0 Å². The summed E-state index contributed by atoms with van der Waals surface area (Å²) in [5.74, 6) is -1.17. The van der Waals surface area contributed by atoms with Crippen molar-refractivity contribution in [3.05, 3.63) is 71.8 Å². The summed E-state index contributed by atoms with van der Waals surface area (Å²) >= 11 is 0. The Morgan fingerprint density at radius 2 is 1.74 bits per heavy atom. The Labute approximate surface area is 334 Å². The number of carbonyl (C=O) groups excluding carboxylic acids is 2. The summed E-state index contributed by atoms with van der Waals surface area (Å²) in [7, 11) is -2.58. The third-order valence-electron chi connectivity index (χ3n) is 13.3. The third-order valence-corrected chi connectivity index (χ3v) is 15.5. The zero-order valence-corrected chi connectivity index (χ0v) is 33.6. The van der Waals surface area contributed by atoms with Gasteiger partial charge < -0.3 is 29.9 Å². The average Bonchev–Trinajstić information content (AvgIpc) is 3.64. The highest BCUT2D eigenvalue weighted by Crippen LogP contribution is 2.52. The molecule has 0 spiro atoms. The smallest absolute Gasteiger partial charge is 0.407 e. The number of anilines is 1. The quantitative estimate of drug-likeness (QED) is 0.278. The number of benzene rings is 2. The predicted molar refractivity (Wildman–Crippen MR) is 210 cm³/mol. The van der Waals surface area contributed by atoms with E-state index in [0.717, 1.165) is 69.8 Å². The summed E-state index contributed by atoms with van der Waals surface area (Å²) < 4.78 is 78.9. The second kappa shape index (κ2) is 17.3. The summed E-state index contributed by atoms with van der Waals surface area (Å²) in [6, 6.07) is 10.6. The van der Waals surface area contributed by atoms with Crippen molar-refractivity contribution in [1.29, 1.82) is 0 Å². The second-order valence-corrected chi connectivity index (χ2v) is 19.0. The van der Waals surface area contributed by atoms with Crippen molar-refractivity contribution in [2.45, 2.75) is 78.6 Å². The number of halogens is 3. The number of ether oxygens (including phenoxy) is 1. The molecule has 2 N–H and O–H groups in total. The minimum absolute atomic E-state index is 0.0218. The monoisotopic (exact) mass is 815 g/mol. The molecule has 312 valence electrons. The lowest BCUT2D eigenvalue weighted by Gasteiger charge is -2.54. The average molecular weight is 816 g/mol. The minimum atomic E-state index is -3.95. The lowest BCUT2D eigenvalue weighted by molar-refractivity contribution is -0.126. The number of aliphatic hydroxyl groups excluding tert-OH is 1. The maximum absolute atomic E-state index is 16.3. The molecule has 2 aromatic rings. The SMILES string of the molecule is COC(=O)N[C@H]1CCC[C@@H]1C(CN1CCC1)(c1cccc(F)c1)C1CCN(CC2(F)CN(c3ccc(S(=O)(=O)C4CCCN(C(=O)/C=C/CO)C4)cc3F)C2)CC1. The van der Waals surface area contributed by atoms with Gasteiger partial charge in [0.05, 0.1) is 42.6 Å². The fourth-order valence-electron chi connectivity index (χ4n) is 10.4. The minimum Gasteiger partial charge on any atom is -0.453 e. The maximum atomic E-state index is 16.3. The van der Waals surface area contributed by atoms with Gasteiger partial charge in [0.15, 0.2) is 15.5 Å². The molecule has 0 radical (unpaired) electrons. The van der Waals surface area contributed by atoms with E-state index in [-0.39, 0.29) is 73.0 Å². The summed E-state index contributed by atoms with van der Waals surface area (Å²) in [6.07, 6.45) is 8.22. The molecule has 4 saturated heterocycles. The molecule has 1 saturated carbocycles. The van der Waals surface area contributed by atoms with E-state index >= 15 is 13.2 Å². The van der Waals surface area contributed by atoms with E-state index < -0.39 is 38.1 Å². The van der Waals surface area contributed by atoms with Crippen molar-refractivity contribution in [3.63, 3.8) is 0 Å². The molecule has 7 rings (SSSR count). The van der Waals surface area contributed by atoms with Crippen molar-refractivity contribution in [3.8, 4) is 0 Å². The van der Waals surface area contributed by atoms with Crippen molar-refractivity contribution in [2.24, 2.45) is 11.8 Å². The standard InChI is InChI=1S/C42H56F3N5O6S/c1-56-40(53)46-37-11-3-10-35(37)42(29-47-17-6-18-47,31-7-2-8-32(43)23-31)30-15-20-48(21-16-30)26-41(45)27-50(28-41)38-14-13-33(24-36(38)44)57(54,55)34-9-4-19-49(25-34)39(52)12-5-22-51/h2,5,7-8,12-14,23-24,30,34-35,37,51H,3-4,6,9-11,15-22,25-29H2,1H3,(H,46,53)/b12-5+/t34?,35-,37-,42?/m0/s1. The predicted octanol–water partition coefficient (Wildman–Crippen LogP) is 4.69. The molecule has 4 aliphatic heterocycles. The Kier molecular flexibility index (Phi) is 12.6. The summed E-state index contributed by atoms with van der Waals surface area (Å²) in [5.41, 5.74) is -0.908. The molecule has 11 nitrogen and oxygen atoms in total. The van der Waals surface area contributed by atoms with Gasteiger partial charge in [-0.2, -0.15) is 0 Å². The van der Waals surface area contributed by atoms with E-state index in [1.807, 2.05) is 6.07 Å². The topological polar surface area (TPSA) is 123 Å². The first kappa shape index (κ1) is 41.5. The summed E-state index contributed by atoms with van der Waals surface area (Å²) in [4.78, 5) is 32.4. The van der Waals surface area contributed by atoms with Crippen LogP contribution in [0.4, 0.5) is 23.7 Å². The van der Waals surface area contributed by atoms with Crippen LogP contribution in [0.15, 0.2) is 59.5 Å². The molecule has 4 heterocycles. The van der Waals surface area contributed by atoms with Crippen LogP contribution in [-0.4, -0.2) is 136 Å². The lowest BCUT2D eigenvalue weighted by Crippen LogP contribution is -2.65. The van der Waals surface area contributed by atoms with E-state index in [9.17, 15) is 18.0 Å². The first-order valence-corrected chi connectivity index (χ1v) is 22.0. The van der Waals surface area contributed by atoms with E-state index in [1.165, 1.54) is 42.4 Å². The number of piperidine rings is 2. The Bertz CT molecular complexity index is 1900. The molecular weight excluding hydrogens is 760 g/mol. The van der Waals surface area contributed by atoms with Gasteiger partial charge in [0, 0.05) is 43.7 Å². The molecule has 4 atom stereocenters. The van der Waals surface area contributed by atoms with Crippen LogP contribution >= 0.6 is 0 Å². The van der Waals surface area contributed by atoms with Crippen molar-refractivity contribution in [2.75, 3.05) is 84.1 Å². The van der Waals surface area contributed by atoms with Gasteiger partial charge in [-0.1, -0.05) is 24.6 Å². The van der Waals surface area contributed by atoms with Crippen LogP contribution in [0.25, 0.3) is 0 Å². The van der Waals surface area contributed by atoms with Crippen LogP contribution in [0.1, 0.15) is 56.9 Å². The molecule has 15 heteroatoms. The van der Waals surface area contributed by atoms with E-state index in [4.69, 9.17) is 9.84 Å². The third kappa shape index (κ3) is 8.72. The molecule has 0 aromatic heterocycles. The van der Waals surface area contributed by atoms with Crippen LogP contribution < -0.4 is 10.2 Å². The molecule has 5 aliphatic rings.